The Kier molecular flexibility index (Phi) is 5.12. The van der Waals surface area contributed by atoms with E-state index in [-0.39, 0.29) is 12.5 Å². The van der Waals surface area contributed by atoms with Gasteiger partial charge in [0.2, 0.25) is 6.79 Å². The highest BCUT2D eigenvalue weighted by molar-refractivity contribution is 6.02. The van der Waals surface area contributed by atoms with Crippen LogP contribution in [0.2, 0.25) is 0 Å². The standard InChI is InChI=1S/C18H17N3O5/c1-2-4-15(12-5-3-6-14(9-12)21(23)24)19-20-18(22)13-7-8-16-17(10-13)26-11-25-16/h3,5-10H,2,4,11H2,1H3,(H,20,22)/b19-15-. The Morgan fingerprint density at radius 2 is 2.00 bits per heavy atom. The molecule has 1 amide bonds. The second-order valence-electron chi connectivity index (χ2n) is 5.62. The summed E-state index contributed by atoms with van der Waals surface area (Å²) in [6.07, 6.45) is 1.35. The minimum absolute atomic E-state index is 0.0200. The van der Waals surface area contributed by atoms with Crippen molar-refractivity contribution in [1.82, 2.24) is 5.43 Å². The molecule has 0 atom stereocenters. The molecule has 1 aliphatic rings. The Bertz CT molecular complexity index is 879. The summed E-state index contributed by atoms with van der Waals surface area (Å²) in [5.74, 6) is 0.699. The molecule has 0 saturated carbocycles. The van der Waals surface area contributed by atoms with E-state index in [1.807, 2.05) is 6.92 Å². The third-order valence-electron chi connectivity index (χ3n) is 3.80. The van der Waals surface area contributed by atoms with Gasteiger partial charge in [-0.05, 0) is 24.6 Å². The molecule has 1 aliphatic heterocycles. The summed E-state index contributed by atoms with van der Waals surface area (Å²) in [5.41, 5.74) is 4.05. The number of benzene rings is 2. The van der Waals surface area contributed by atoms with Crippen LogP contribution in [0.4, 0.5) is 5.69 Å². The van der Waals surface area contributed by atoms with Crippen molar-refractivity contribution in [2.24, 2.45) is 5.10 Å². The lowest BCUT2D eigenvalue weighted by Crippen LogP contribution is -2.20. The van der Waals surface area contributed by atoms with Gasteiger partial charge >= 0.3 is 0 Å². The van der Waals surface area contributed by atoms with E-state index in [9.17, 15) is 14.9 Å². The molecule has 0 aliphatic carbocycles. The number of carbonyl (C=O) groups is 1. The molecule has 0 bridgehead atoms. The molecule has 2 aromatic carbocycles. The first kappa shape index (κ1) is 17.4. The molecule has 1 heterocycles. The van der Waals surface area contributed by atoms with E-state index in [0.29, 0.717) is 34.8 Å². The minimum Gasteiger partial charge on any atom is -0.454 e. The topological polar surface area (TPSA) is 103 Å². The maximum Gasteiger partial charge on any atom is 0.271 e. The van der Waals surface area contributed by atoms with Crippen LogP contribution in [0.1, 0.15) is 35.7 Å². The Labute approximate surface area is 149 Å². The molecule has 0 radical (unpaired) electrons. The molecule has 26 heavy (non-hydrogen) atoms. The zero-order valence-corrected chi connectivity index (χ0v) is 14.1. The van der Waals surface area contributed by atoms with E-state index < -0.39 is 10.8 Å². The number of rotatable bonds is 6. The van der Waals surface area contributed by atoms with Crippen molar-refractivity contribution in [3.05, 3.63) is 63.7 Å². The normalized spacial score (nSPS) is 12.7. The van der Waals surface area contributed by atoms with E-state index in [2.05, 4.69) is 10.5 Å². The van der Waals surface area contributed by atoms with Gasteiger partial charge in [-0.3, -0.25) is 14.9 Å². The first-order valence-corrected chi connectivity index (χ1v) is 8.10. The third-order valence-corrected chi connectivity index (χ3v) is 3.80. The van der Waals surface area contributed by atoms with E-state index in [1.54, 1.807) is 30.3 Å². The number of nitro groups is 1. The van der Waals surface area contributed by atoms with Crippen molar-refractivity contribution in [2.45, 2.75) is 19.8 Å². The summed E-state index contributed by atoms with van der Waals surface area (Å²) < 4.78 is 10.5. The average Bonchev–Trinajstić information content (AvgIpc) is 3.12. The lowest BCUT2D eigenvalue weighted by Gasteiger charge is -2.07. The Morgan fingerprint density at radius 1 is 1.19 bits per heavy atom. The van der Waals surface area contributed by atoms with Crippen molar-refractivity contribution in [1.29, 1.82) is 0 Å². The van der Waals surface area contributed by atoms with Gasteiger partial charge in [-0.1, -0.05) is 25.5 Å². The van der Waals surface area contributed by atoms with Gasteiger partial charge in [-0.25, -0.2) is 5.43 Å². The Balaban J connectivity index is 1.80. The number of ether oxygens (including phenoxy) is 2. The number of hydrogen-bond donors (Lipinski definition) is 1. The number of non-ortho nitro benzene ring substituents is 1. The van der Waals surface area contributed by atoms with Gasteiger partial charge in [-0.2, -0.15) is 5.10 Å². The van der Waals surface area contributed by atoms with Crippen LogP contribution >= 0.6 is 0 Å². The fourth-order valence-corrected chi connectivity index (χ4v) is 2.52. The maximum absolute atomic E-state index is 12.3. The molecule has 3 rings (SSSR count). The molecule has 2 aromatic rings. The lowest BCUT2D eigenvalue weighted by molar-refractivity contribution is -0.384. The van der Waals surface area contributed by atoms with E-state index in [0.717, 1.165) is 6.42 Å². The SMILES string of the molecule is CCC/C(=N/NC(=O)c1ccc2c(c1)OCO2)c1cccc([N+](=O)[O-])c1. The highest BCUT2D eigenvalue weighted by Crippen LogP contribution is 2.32. The van der Waals surface area contributed by atoms with Gasteiger partial charge in [0, 0.05) is 23.3 Å². The van der Waals surface area contributed by atoms with Gasteiger partial charge in [0.15, 0.2) is 11.5 Å². The van der Waals surface area contributed by atoms with Crippen LogP contribution in [0.5, 0.6) is 11.5 Å². The predicted molar refractivity (Wildman–Crippen MR) is 94.6 cm³/mol. The molecule has 8 heteroatoms. The fraction of sp³-hybridized carbons (Fsp3) is 0.222. The first-order valence-electron chi connectivity index (χ1n) is 8.10. The maximum atomic E-state index is 12.3. The molecule has 1 N–H and O–H groups in total. The molecular weight excluding hydrogens is 338 g/mol. The van der Waals surface area contributed by atoms with Crippen LogP contribution < -0.4 is 14.9 Å². The second-order valence-corrected chi connectivity index (χ2v) is 5.62. The minimum atomic E-state index is -0.460. The molecule has 0 fully saturated rings. The number of nitrogens with zero attached hydrogens (tertiary/aromatic N) is 2. The van der Waals surface area contributed by atoms with Crippen molar-refractivity contribution >= 4 is 17.3 Å². The zero-order chi connectivity index (χ0) is 18.5. The number of hydrazone groups is 1. The van der Waals surface area contributed by atoms with Gasteiger partial charge in [-0.15, -0.1) is 0 Å². The molecule has 134 valence electrons. The Morgan fingerprint density at radius 3 is 2.77 bits per heavy atom. The summed E-state index contributed by atoms with van der Waals surface area (Å²) >= 11 is 0. The molecule has 0 saturated heterocycles. The van der Waals surface area contributed by atoms with Crippen molar-refractivity contribution < 1.29 is 19.2 Å². The average molecular weight is 355 g/mol. The smallest absolute Gasteiger partial charge is 0.271 e. The predicted octanol–water partition coefficient (Wildman–Crippen LogP) is 3.26. The molecule has 0 aromatic heterocycles. The third kappa shape index (κ3) is 3.80. The van der Waals surface area contributed by atoms with Crippen LogP contribution in [-0.2, 0) is 0 Å². The summed E-state index contributed by atoms with van der Waals surface area (Å²) in [7, 11) is 0. The zero-order valence-electron chi connectivity index (χ0n) is 14.1. The highest BCUT2D eigenvalue weighted by atomic mass is 16.7. The van der Waals surface area contributed by atoms with Crippen molar-refractivity contribution in [2.75, 3.05) is 6.79 Å². The van der Waals surface area contributed by atoms with Crippen LogP contribution in [0, 0.1) is 10.1 Å². The van der Waals surface area contributed by atoms with Crippen LogP contribution in [-0.4, -0.2) is 23.3 Å². The first-order chi connectivity index (χ1) is 12.6. The van der Waals surface area contributed by atoms with Crippen LogP contribution in [0.3, 0.4) is 0 Å². The van der Waals surface area contributed by atoms with Gasteiger partial charge < -0.3 is 9.47 Å². The summed E-state index contributed by atoms with van der Waals surface area (Å²) in [6, 6.07) is 11.0. The van der Waals surface area contributed by atoms with Crippen LogP contribution in [0.15, 0.2) is 47.6 Å². The quantitative estimate of drug-likeness (QED) is 0.487. The molecule has 8 nitrogen and oxygen atoms in total. The summed E-state index contributed by atoms with van der Waals surface area (Å²) in [6.45, 7) is 2.10. The van der Waals surface area contributed by atoms with Gasteiger partial charge in [0.05, 0.1) is 10.6 Å². The van der Waals surface area contributed by atoms with Crippen molar-refractivity contribution in [3.63, 3.8) is 0 Å². The lowest BCUT2D eigenvalue weighted by atomic mass is 10.1. The highest BCUT2D eigenvalue weighted by Gasteiger charge is 2.16. The fourth-order valence-electron chi connectivity index (χ4n) is 2.52. The number of hydrogen-bond acceptors (Lipinski definition) is 6. The molecular formula is C18H17N3O5. The van der Waals surface area contributed by atoms with Gasteiger partial charge in [0.1, 0.15) is 0 Å². The number of amides is 1. The number of nitro benzene ring substituents is 1. The number of carbonyl (C=O) groups excluding carboxylic acids is 1. The molecule has 0 unspecified atom stereocenters. The number of fused-ring (bicyclic) bond motifs is 1. The van der Waals surface area contributed by atoms with E-state index in [1.165, 1.54) is 12.1 Å². The molecule has 0 spiro atoms. The number of nitrogens with one attached hydrogen (secondary N) is 1. The second kappa shape index (κ2) is 7.64. The Hall–Kier alpha value is -3.42. The largest absolute Gasteiger partial charge is 0.454 e. The van der Waals surface area contributed by atoms with Crippen LogP contribution in [0.25, 0.3) is 0 Å². The summed E-state index contributed by atoms with van der Waals surface area (Å²) in [5, 5.41) is 15.1. The van der Waals surface area contributed by atoms with Crippen molar-refractivity contribution in [3.8, 4) is 11.5 Å². The monoisotopic (exact) mass is 355 g/mol. The van der Waals surface area contributed by atoms with E-state index in [4.69, 9.17) is 9.47 Å². The summed E-state index contributed by atoms with van der Waals surface area (Å²) in [4.78, 5) is 22.8. The van der Waals surface area contributed by atoms with Gasteiger partial charge in [0.25, 0.3) is 11.6 Å². The van der Waals surface area contributed by atoms with E-state index >= 15 is 0 Å².